The standard InChI is InChI=1S/C12H16ClN5/c1-6(2)10-9(13)11(14)18(17-10)12-15-7(3)5-8(4)16-12/h5-6H,14H2,1-4H3. The highest BCUT2D eigenvalue weighted by atomic mass is 35.5. The Morgan fingerprint density at radius 3 is 2.22 bits per heavy atom. The molecular weight excluding hydrogens is 250 g/mol. The zero-order valence-corrected chi connectivity index (χ0v) is 11.7. The number of nitrogens with two attached hydrogens (primary N) is 1. The highest BCUT2D eigenvalue weighted by molar-refractivity contribution is 6.33. The molecule has 0 fully saturated rings. The van der Waals surface area contributed by atoms with Gasteiger partial charge in [0.1, 0.15) is 10.8 Å². The van der Waals surface area contributed by atoms with Crippen LogP contribution in [0.4, 0.5) is 5.82 Å². The molecule has 0 spiro atoms. The van der Waals surface area contributed by atoms with Crippen LogP contribution in [0.5, 0.6) is 0 Å². The van der Waals surface area contributed by atoms with E-state index in [2.05, 4.69) is 15.1 Å². The fourth-order valence-corrected chi connectivity index (χ4v) is 2.09. The lowest BCUT2D eigenvalue weighted by Crippen LogP contribution is -2.08. The molecule has 0 bridgehead atoms. The van der Waals surface area contributed by atoms with Crippen molar-refractivity contribution in [3.63, 3.8) is 0 Å². The van der Waals surface area contributed by atoms with Gasteiger partial charge in [0.15, 0.2) is 0 Å². The number of hydrogen-bond acceptors (Lipinski definition) is 4. The molecule has 0 saturated heterocycles. The first kappa shape index (κ1) is 12.8. The minimum Gasteiger partial charge on any atom is -0.382 e. The number of rotatable bonds is 2. The molecule has 0 aliphatic rings. The Kier molecular flexibility index (Phi) is 3.26. The maximum atomic E-state index is 6.17. The Morgan fingerprint density at radius 2 is 1.78 bits per heavy atom. The maximum Gasteiger partial charge on any atom is 0.252 e. The molecule has 2 heterocycles. The topological polar surface area (TPSA) is 69.6 Å². The van der Waals surface area contributed by atoms with Crippen LogP contribution in [0, 0.1) is 13.8 Å². The third-order valence-corrected chi connectivity index (χ3v) is 2.98. The van der Waals surface area contributed by atoms with Gasteiger partial charge in [0, 0.05) is 11.4 Å². The van der Waals surface area contributed by atoms with Gasteiger partial charge in [-0.15, -0.1) is 0 Å². The van der Waals surface area contributed by atoms with Crippen LogP contribution in [-0.4, -0.2) is 19.7 Å². The summed E-state index contributed by atoms with van der Waals surface area (Å²) in [6.45, 7) is 7.84. The lowest BCUT2D eigenvalue weighted by molar-refractivity contribution is 0.741. The Morgan fingerprint density at radius 1 is 1.22 bits per heavy atom. The molecule has 0 aliphatic carbocycles. The molecule has 96 valence electrons. The SMILES string of the molecule is Cc1cc(C)nc(-n2nc(C(C)C)c(Cl)c2N)n1. The third-order valence-electron chi connectivity index (χ3n) is 2.59. The molecule has 18 heavy (non-hydrogen) atoms. The van der Waals surface area contributed by atoms with E-state index >= 15 is 0 Å². The summed E-state index contributed by atoms with van der Waals surface area (Å²) in [6.07, 6.45) is 0. The fourth-order valence-electron chi connectivity index (χ4n) is 1.75. The average molecular weight is 266 g/mol. The van der Waals surface area contributed by atoms with Crippen LogP contribution in [0.1, 0.15) is 36.8 Å². The zero-order chi connectivity index (χ0) is 13.4. The summed E-state index contributed by atoms with van der Waals surface area (Å²) < 4.78 is 1.50. The van der Waals surface area contributed by atoms with E-state index in [1.165, 1.54) is 4.68 Å². The predicted octanol–water partition coefficient (Wildman–Crippen LogP) is 2.64. The van der Waals surface area contributed by atoms with Crippen molar-refractivity contribution in [1.82, 2.24) is 19.7 Å². The molecule has 0 aliphatic heterocycles. The predicted molar refractivity (Wildman–Crippen MR) is 72.1 cm³/mol. The fraction of sp³-hybridized carbons (Fsp3) is 0.417. The summed E-state index contributed by atoms with van der Waals surface area (Å²) in [4.78, 5) is 8.66. The summed E-state index contributed by atoms with van der Waals surface area (Å²) in [5.41, 5.74) is 8.46. The molecule has 0 aromatic carbocycles. The molecule has 0 atom stereocenters. The van der Waals surface area contributed by atoms with E-state index in [0.717, 1.165) is 17.1 Å². The summed E-state index contributed by atoms with van der Waals surface area (Å²) >= 11 is 6.17. The Balaban J connectivity index is 2.60. The highest BCUT2D eigenvalue weighted by Gasteiger charge is 2.18. The van der Waals surface area contributed by atoms with E-state index in [1.807, 2.05) is 33.8 Å². The number of halogens is 1. The van der Waals surface area contributed by atoms with E-state index in [4.69, 9.17) is 17.3 Å². The highest BCUT2D eigenvalue weighted by Crippen LogP contribution is 2.29. The van der Waals surface area contributed by atoms with Crippen molar-refractivity contribution in [1.29, 1.82) is 0 Å². The van der Waals surface area contributed by atoms with E-state index in [0.29, 0.717) is 16.8 Å². The monoisotopic (exact) mass is 265 g/mol. The number of nitrogen functional groups attached to an aromatic ring is 1. The first-order valence-electron chi connectivity index (χ1n) is 5.76. The van der Waals surface area contributed by atoms with Crippen molar-refractivity contribution in [2.45, 2.75) is 33.6 Å². The smallest absolute Gasteiger partial charge is 0.252 e. The minimum atomic E-state index is 0.201. The molecule has 2 rings (SSSR count). The maximum absolute atomic E-state index is 6.17. The Bertz CT molecular complexity index is 568. The van der Waals surface area contributed by atoms with Gasteiger partial charge in [0.25, 0.3) is 5.95 Å². The van der Waals surface area contributed by atoms with Crippen LogP contribution in [0.25, 0.3) is 5.95 Å². The summed E-state index contributed by atoms with van der Waals surface area (Å²) in [6, 6.07) is 1.90. The first-order valence-corrected chi connectivity index (χ1v) is 6.14. The molecule has 0 amide bonds. The summed E-state index contributed by atoms with van der Waals surface area (Å²) in [7, 11) is 0. The zero-order valence-electron chi connectivity index (χ0n) is 10.9. The van der Waals surface area contributed by atoms with Crippen molar-refractivity contribution >= 4 is 17.4 Å². The molecule has 2 aromatic rings. The Hall–Kier alpha value is -1.62. The van der Waals surface area contributed by atoms with Gasteiger partial charge in [-0.05, 0) is 25.8 Å². The van der Waals surface area contributed by atoms with E-state index in [-0.39, 0.29) is 5.92 Å². The number of aryl methyl sites for hydroxylation is 2. The van der Waals surface area contributed by atoms with Gasteiger partial charge in [-0.2, -0.15) is 9.78 Å². The molecule has 0 radical (unpaired) electrons. The second-order valence-electron chi connectivity index (χ2n) is 4.60. The molecular formula is C12H16ClN5. The van der Waals surface area contributed by atoms with Crippen LogP contribution in [0.3, 0.4) is 0 Å². The van der Waals surface area contributed by atoms with Crippen LogP contribution < -0.4 is 5.73 Å². The van der Waals surface area contributed by atoms with E-state index in [1.54, 1.807) is 0 Å². The van der Waals surface area contributed by atoms with Crippen LogP contribution >= 0.6 is 11.6 Å². The molecule has 5 nitrogen and oxygen atoms in total. The number of aromatic nitrogens is 4. The Labute approximate surface area is 111 Å². The quantitative estimate of drug-likeness (QED) is 0.906. The first-order chi connectivity index (χ1) is 8.40. The molecule has 2 N–H and O–H groups in total. The van der Waals surface area contributed by atoms with Gasteiger partial charge in [-0.3, -0.25) is 0 Å². The summed E-state index contributed by atoms with van der Waals surface area (Å²) in [5.74, 6) is 1.04. The van der Waals surface area contributed by atoms with Crippen molar-refractivity contribution in [3.05, 3.63) is 28.2 Å². The van der Waals surface area contributed by atoms with Crippen LogP contribution in [0.15, 0.2) is 6.07 Å². The van der Waals surface area contributed by atoms with E-state index in [9.17, 15) is 0 Å². The number of anilines is 1. The lowest BCUT2D eigenvalue weighted by Gasteiger charge is -2.04. The minimum absolute atomic E-state index is 0.201. The second-order valence-corrected chi connectivity index (χ2v) is 4.98. The van der Waals surface area contributed by atoms with Crippen LogP contribution in [-0.2, 0) is 0 Å². The number of hydrogen-bond donors (Lipinski definition) is 1. The van der Waals surface area contributed by atoms with Gasteiger partial charge < -0.3 is 5.73 Å². The van der Waals surface area contributed by atoms with Gasteiger partial charge in [-0.1, -0.05) is 25.4 Å². The molecule has 2 aromatic heterocycles. The van der Waals surface area contributed by atoms with Crippen molar-refractivity contribution in [2.75, 3.05) is 5.73 Å². The molecule has 0 saturated carbocycles. The van der Waals surface area contributed by atoms with Crippen molar-refractivity contribution < 1.29 is 0 Å². The van der Waals surface area contributed by atoms with Gasteiger partial charge in [0.2, 0.25) is 0 Å². The van der Waals surface area contributed by atoms with E-state index < -0.39 is 0 Å². The molecule has 6 heteroatoms. The molecule has 0 unspecified atom stereocenters. The summed E-state index contributed by atoms with van der Waals surface area (Å²) in [5, 5.41) is 4.88. The largest absolute Gasteiger partial charge is 0.382 e. The van der Waals surface area contributed by atoms with Crippen LogP contribution in [0.2, 0.25) is 5.02 Å². The second kappa shape index (κ2) is 4.57. The van der Waals surface area contributed by atoms with Gasteiger partial charge in [0.05, 0.1) is 5.69 Å². The van der Waals surface area contributed by atoms with Gasteiger partial charge in [-0.25, -0.2) is 9.97 Å². The average Bonchev–Trinajstić information content (AvgIpc) is 2.55. The van der Waals surface area contributed by atoms with Gasteiger partial charge >= 0.3 is 0 Å². The number of nitrogens with zero attached hydrogens (tertiary/aromatic N) is 4. The van der Waals surface area contributed by atoms with Crippen molar-refractivity contribution in [3.8, 4) is 5.95 Å². The third kappa shape index (κ3) is 2.18. The van der Waals surface area contributed by atoms with Crippen molar-refractivity contribution in [2.24, 2.45) is 0 Å². The normalized spacial score (nSPS) is 11.2. The lowest BCUT2D eigenvalue weighted by atomic mass is 10.1.